The van der Waals surface area contributed by atoms with Crippen molar-refractivity contribution in [1.82, 2.24) is 14.8 Å². The van der Waals surface area contributed by atoms with Crippen molar-refractivity contribution < 1.29 is 0 Å². The highest BCUT2D eigenvalue weighted by Gasteiger charge is 2.29. The molecule has 1 aliphatic carbocycles. The highest BCUT2D eigenvalue weighted by molar-refractivity contribution is 6.35. The summed E-state index contributed by atoms with van der Waals surface area (Å²) in [7, 11) is 0. The molecule has 1 heterocycles. The number of aromatic nitrogens is 3. The monoisotopic (exact) mass is 283 g/mol. The van der Waals surface area contributed by atoms with E-state index in [-0.39, 0.29) is 5.69 Å². The lowest BCUT2D eigenvalue weighted by molar-refractivity contribution is 0.705. The first-order valence-electron chi connectivity index (χ1n) is 5.74. The number of hydrogen-bond acceptors (Lipinski definition) is 2. The van der Waals surface area contributed by atoms with Crippen LogP contribution in [0.25, 0.3) is 0 Å². The summed E-state index contributed by atoms with van der Waals surface area (Å²) in [6, 6.07) is 5.28. The van der Waals surface area contributed by atoms with Gasteiger partial charge in [-0.05, 0) is 30.5 Å². The average Bonchev–Trinajstić information content (AvgIpc) is 3.10. The van der Waals surface area contributed by atoms with E-state index < -0.39 is 0 Å². The van der Waals surface area contributed by atoms with Crippen molar-refractivity contribution in [2.24, 2.45) is 0 Å². The van der Waals surface area contributed by atoms with Crippen molar-refractivity contribution in [3.05, 3.63) is 50.1 Å². The molecule has 18 heavy (non-hydrogen) atoms. The fraction of sp³-hybridized carbons (Fsp3) is 0.333. The van der Waals surface area contributed by atoms with Crippen LogP contribution in [-0.4, -0.2) is 14.8 Å². The predicted octanol–water partition coefficient (Wildman–Crippen LogP) is 2.80. The molecule has 1 N–H and O–H groups in total. The first-order valence-corrected chi connectivity index (χ1v) is 6.50. The van der Waals surface area contributed by atoms with Crippen LogP contribution >= 0.6 is 23.2 Å². The van der Waals surface area contributed by atoms with Crippen molar-refractivity contribution in [2.45, 2.75) is 25.3 Å². The van der Waals surface area contributed by atoms with E-state index in [1.807, 2.05) is 6.07 Å². The molecule has 1 aromatic heterocycles. The summed E-state index contributed by atoms with van der Waals surface area (Å²) in [6.07, 6.45) is 2.19. The average molecular weight is 284 g/mol. The van der Waals surface area contributed by atoms with Gasteiger partial charge >= 0.3 is 5.69 Å². The zero-order valence-corrected chi connectivity index (χ0v) is 11.0. The van der Waals surface area contributed by atoms with Gasteiger partial charge in [0.1, 0.15) is 5.82 Å². The number of nitrogens with zero attached hydrogens (tertiary/aromatic N) is 2. The maximum Gasteiger partial charge on any atom is 0.343 e. The molecule has 1 saturated carbocycles. The number of rotatable bonds is 3. The zero-order chi connectivity index (χ0) is 12.7. The molecule has 0 amide bonds. The number of nitrogens with one attached hydrogen (secondary N) is 1. The van der Waals surface area contributed by atoms with Gasteiger partial charge in [0.15, 0.2) is 0 Å². The first kappa shape index (κ1) is 11.8. The lowest BCUT2D eigenvalue weighted by atomic mass is 10.2. The number of aromatic amines is 1. The SMILES string of the molecule is O=c1[nH]nc(C2CC2)n1Cc1ccc(Cl)cc1Cl. The van der Waals surface area contributed by atoms with Crippen LogP contribution in [-0.2, 0) is 6.54 Å². The topological polar surface area (TPSA) is 50.7 Å². The van der Waals surface area contributed by atoms with Crippen molar-refractivity contribution in [1.29, 1.82) is 0 Å². The number of H-pyrrole nitrogens is 1. The van der Waals surface area contributed by atoms with Crippen LogP contribution < -0.4 is 5.69 Å². The zero-order valence-electron chi connectivity index (χ0n) is 9.49. The molecular formula is C12H11Cl2N3O. The minimum atomic E-state index is -0.192. The second-order valence-corrected chi connectivity index (χ2v) is 5.33. The molecule has 94 valence electrons. The van der Waals surface area contributed by atoms with Gasteiger partial charge in [0.25, 0.3) is 0 Å². The largest absolute Gasteiger partial charge is 0.343 e. The lowest BCUT2D eigenvalue weighted by Crippen LogP contribution is -2.19. The summed E-state index contributed by atoms with van der Waals surface area (Å²) in [6.45, 7) is 0.428. The van der Waals surface area contributed by atoms with Crippen molar-refractivity contribution in [3.63, 3.8) is 0 Å². The van der Waals surface area contributed by atoms with Crippen LogP contribution in [0.4, 0.5) is 0 Å². The fourth-order valence-corrected chi connectivity index (χ4v) is 2.42. The smallest absolute Gasteiger partial charge is 0.274 e. The minimum Gasteiger partial charge on any atom is -0.274 e. The molecule has 1 fully saturated rings. The van der Waals surface area contributed by atoms with Crippen molar-refractivity contribution in [2.75, 3.05) is 0 Å². The van der Waals surface area contributed by atoms with Crippen LogP contribution in [0.2, 0.25) is 10.0 Å². The van der Waals surface area contributed by atoms with Gasteiger partial charge in [-0.3, -0.25) is 4.57 Å². The molecule has 0 spiro atoms. The quantitative estimate of drug-likeness (QED) is 0.942. The maximum atomic E-state index is 11.7. The highest BCUT2D eigenvalue weighted by Crippen LogP contribution is 2.38. The van der Waals surface area contributed by atoms with Crippen LogP contribution in [0.1, 0.15) is 30.1 Å². The molecule has 6 heteroatoms. The van der Waals surface area contributed by atoms with Crippen molar-refractivity contribution in [3.8, 4) is 0 Å². The Balaban J connectivity index is 1.96. The molecule has 4 nitrogen and oxygen atoms in total. The molecule has 0 unspecified atom stereocenters. The first-order chi connectivity index (χ1) is 8.65. The van der Waals surface area contributed by atoms with E-state index in [0.29, 0.717) is 22.5 Å². The van der Waals surface area contributed by atoms with Gasteiger partial charge in [-0.25, -0.2) is 9.89 Å². The van der Waals surface area contributed by atoms with Gasteiger partial charge in [-0.1, -0.05) is 29.3 Å². The maximum absolute atomic E-state index is 11.7. The van der Waals surface area contributed by atoms with Crippen LogP contribution in [0.15, 0.2) is 23.0 Å². The van der Waals surface area contributed by atoms with Crippen molar-refractivity contribution >= 4 is 23.2 Å². The normalized spacial score (nSPS) is 15.0. The summed E-state index contributed by atoms with van der Waals surface area (Å²) in [5, 5.41) is 7.73. The second kappa shape index (κ2) is 4.44. The molecule has 0 saturated heterocycles. The molecule has 1 aromatic carbocycles. The molecule has 3 rings (SSSR count). The van der Waals surface area contributed by atoms with E-state index in [2.05, 4.69) is 10.2 Å². The predicted molar refractivity (Wildman–Crippen MR) is 70.4 cm³/mol. The molecule has 0 bridgehead atoms. The standard InChI is InChI=1S/C12H11Cl2N3O/c13-9-4-3-8(10(14)5-9)6-17-11(7-1-2-7)15-16-12(17)18/h3-5,7H,1-2,6H2,(H,16,18). The Morgan fingerprint density at radius 2 is 2.17 bits per heavy atom. The van der Waals surface area contributed by atoms with E-state index in [9.17, 15) is 4.79 Å². The van der Waals surface area contributed by atoms with Crippen LogP contribution in [0, 0.1) is 0 Å². The number of hydrogen-bond donors (Lipinski definition) is 1. The molecule has 0 aliphatic heterocycles. The van der Waals surface area contributed by atoms with Gasteiger partial charge in [0, 0.05) is 16.0 Å². The summed E-state index contributed by atoms with van der Waals surface area (Å²) in [5.41, 5.74) is 0.675. The summed E-state index contributed by atoms with van der Waals surface area (Å²) >= 11 is 12.0. The Hall–Kier alpha value is -1.26. The fourth-order valence-electron chi connectivity index (χ4n) is 1.96. The third-order valence-corrected chi connectivity index (χ3v) is 3.66. The van der Waals surface area contributed by atoms with Gasteiger partial charge in [0.05, 0.1) is 6.54 Å². The van der Waals surface area contributed by atoms with Crippen LogP contribution in [0.5, 0.6) is 0 Å². The van der Waals surface area contributed by atoms with E-state index in [1.54, 1.807) is 16.7 Å². The Kier molecular flexibility index (Phi) is 2.92. The van der Waals surface area contributed by atoms with E-state index in [1.165, 1.54) is 0 Å². The van der Waals surface area contributed by atoms with E-state index >= 15 is 0 Å². The van der Waals surface area contributed by atoms with Gasteiger partial charge < -0.3 is 0 Å². The Bertz CT molecular complexity index is 643. The van der Waals surface area contributed by atoms with Crippen LogP contribution in [0.3, 0.4) is 0 Å². The Morgan fingerprint density at radius 3 is 2.83 bits per heavy atom. The number of halogens is 2. The molecule has 1 aliphatic rings. The summed E-state index contributed by atoms with van der Waals surface area (Å²) in [5.74, 6) is 1.24. The third-order valence-electron chi connectivity index (χ3n) is 3.07. The third kappa shape index (κ3) is 2.18. The molecular weight excluding hydrogens is 273 g/mol. The molecule has 2 aromatic rings. The van der Waals surface area contributed by atoms with Gasteiger partial charge in [-0.2, -0.15) is 5.10 Å². The lowest BCUT2D eigenvalue weighted by Gasteiger charge is -2.07. The Morgan fingerprint density at radius 1 is 1.39 bits per heavy atom. The van der Waals surface area contributed by atoms with Gasteiger partial charge in [0.2, 0.25) is 0 Å². The summed E-state index contributed by atoms with van der Waals surface area (Å²) < 4.78 is 1.65. The molecule has 0 radical (unpaired) electrons. The Labute approximate surface area is 114 Å². The minimum absolute atomic E-state index is 0.192. The number of benzene rings is 1. The van der Waals surface area contributed by atoms with E-state index in [0.717, 1.165) is 24.2 Å². The van der Waals surface area contributed by atoms with Gasteiger partial charge in [-0.15, -0.1) is 0 Å². The second-order valence-electron chi connectivity index (χ2n) is 4.48. The van der Waals surface area contributed by atoms with E-state index in [4.69, 9.17) is 23.2 Å². The summed E-state index contributed by atoms with van der Waals surface area (Å²) in [4.78, 5) is 11.7. The molecule has 0 atom stereocenters. The highest BCUT2D eigenvalue weighted by atomic mass is 35.5.